The Bertz CT molecular complexity index is 443. The maximum atomic E-state index is 10.7. The van der Waals surface area contributed by atoms with Crippen LogP contribution in [-0.4, -0.2) is 18.9 Å². The van der Waals surface area contributed by atoms with E-state index in [2.05, 4.69) is 0 Å². The van der Waals surface area contributed by atoms with Crippen LogP contribution in [0.3, 0.4) is 0 Å². The molecule has 0 heterocycles. The van der Waals surface area contributed by atoms with Gasteiger partial charge in [-0.2, -0.15) is 8.42 Å². The Morgan fingerprint density at radius 2 is 1.86 bits per heavy atom. The molecule has 0 aliphatic carbocycles. The topological polar surface area (TPSA) is 101 Å². The summed E-state index contributed by atoms with van der Waals surface area (Å²) in [6.07, 6.45) is 0. The monoisotopic (exact) mass is 223 g/mol. The van der Waals surface area contributed by atoms with E-state index in [-0.39, 0.29) is 35.1 Å². The molecule has 0 bridgehead atoms. The molecule has 0 radical (unpaired) electrons. The molecule has 1 aromatic rings. The molecule has 1 rings (SSSR count). The first kappa shape index (κ1) is 13.6. The molecular weight excluding hydrogens is 217 g/mol. The Labute approximate surface area is 103 Å². The van der Waals surface area contributed by atoms with Crippen molar-refractivity contribution in [1.82, 2.24) is 0 Å². The second-order valence-electron chi connectivity index (χ2n) is 2.30. The number of hydrogen-bond acceptors (Lipinski definition) is 4. The molecule has 0 atom stereocenters. The van der Waals surface area contributed by atoms with E-state index in [4.69, 9.17) is 9.96 Å². The van der Waals surface area contributed by atoms with Gasteiger partial charge in [0.15, 0.2) is 0 Å². The molecule has 0 spiro atoms. The van der Waals surface area contributed by atoms with Crippen LogP contribution in [0.1, 0.15) is 5.56 Å². The summed E-state index contributed by atoms with van der Waals surface area (Å²) in [6, 6.07) is 5.00. The molecule has 0 saturated heterocycles. The molecule has 14 heavy (non-hydrogen) atoms. The van der Waals surface area contributed by atoms with Gasteiger partial charge in [0.05, 0.1) is 0 Å². The zero-order chi connectivity index (χ0) is 10.1. The van der Waals surface area contributed by atoms with Crippen LogP contribution in [0.2, 0.25) is 0 Å². The van der Waals surface area contributed by atoms with Crippen molar-refractivity contribution in [2.24, 2.45) is 0 Å². The van der Waals surface area contributed by atoms with E-state index in [1.54, 1.807) is 0 Å². The maximum Gasteiger partial charge on any atom is 1.00 e. The van der Waals surface area contributed by atoms with Crippen molar-refractivity contribution in [3.05, 3.63) is 29.8 Å². The number of rotatable bonds is 2. The van der Waals surface area contributed by atoms with Crippen molar-refractivity contribution in [2.45, 2.75) is 4.90 Å². The quantitative estimate of drug-likeness (QED) is 0.236. The van der Waals surface area contributed by atoms with Crippen LogP contribution in [0, 0.1) is 5.41 Å². The van der Waals surface area contributed by atoms with Crippen molar-refractivity contribution >= 4 is 16.0 Å². The van der Waals surface area contributed by atoms with Gasteiger partial charge in [0, 0.05) is 5.56 Å². The summed E-state index contributed by atoms with van der Waals surface area (Å²) in [7, 11) is -4.42. The van der Waals surface area contributed by atoms with Crippen molar-refractivity contribution in [2.75, 3.05) is 0 Å². The van der Waals surface area contributed by atoms with Crippen LogP contribution >= 0.6 is 0 Å². The van der Waals surface area contributed by atoms with E-state index in [0.717, 1.165) is 6.07 Å². The number of hydrogen-bond donors (Lipinski definition) is 2. The fourth-order valence-corrected chi connectivity index (χ4v) is 1.57. The van der Waals surface area contributed by atoms with Crippen molar-refractivity contribution in [1.29, 1.82) is 5.41 Å². The normalized spacial score (nSPS) is 10.4. The molecular formula is C7H6NNaO4S. The third-order valence-electron chi connectivity index (χ3n) is 1.41. The fraction of sp³-hybridized carbons (Fsp3) is 0. The molecule has 0 amide bonds. The van der Waals surface area contributed by atoms with E-state index in [0.29, 0.717) is 0 Å². The minimum Gasteiger partial charge on any atom is -0.859 e. The zero-order valence-corrected chi connectivity index (χ0v) is 10.2. The summed E-state index contributed by atoms with van der Waals surface area (Å²) >= 11 is 0. The Hall–Kier alpha value is -0.400. The van der Waals surface area contributed by atoms with E-state index in [1.165, 1.54) is 18.2 Å². The van der Waals surface area contributed by atoms with Gasteiger partial charge in [0.2, 0.25) is 0 Å². The maximum absolute atomic E-state index is 10.7. The van der Waals surface area contributed by atoms with Crippen LogP contribution in [0.5, 0.6) is 0 Å². The van der Waals surface area contributed by atoms with Crippen molar-refractivity contribution < 1.29 is 47.6 Å². The van der Waals surface area contributed by atoms with Gasteiger partial charge in [-0.15, -0.1) is 0 Å². The number of benzene rings is 1. The smallest absolute Gasteiger partial charge is 0.859 e. The zero-order valence-electron chi connectivity index (χ0n) is 7.39. The summed E-state index contributed by atoms with van der Waals surface area (Å²) < 4.78 is 30.0. The first-order valence-electron chi connectivity index (χ1n) is 3.25. The van der Waals surface area contributed by atoms with Gasteiger partial charge in [0.1, 0.15) is 4.90 Å². The molecule has 0 aliphatic heterocycles. The Kier molecular flexibility index (Phi) is 4.76. The van der Waals surface area contributed by atoms with Gasteiger partial charge in [-0.3, -0.25) is 4.55 Å². The molecule has 70 valence electrons. The summed E-state index contributed by atoms with van der Waals surface area (Å²) in [4.78, 5) is -0.532. The van der Waals surface area contributed by atoms with Gasteiger partial charge in [-0.05, 0) is 12.0 Å². The molecule has 2 N–H and O–H groups in total. The van der Waals surface area contributed by atoms with E-state index in [9.17, 15) is 13.5 Å². The third kappa shape index (κ3) is 3.07. The van der Waals surface area contributed by atoms with E-state index < -0.39 is 20.9 Å². The standard InChI is InChI=1S/C7H7NO4S.Na/c8-7(9)5-3-1-2-4-6(5)13(10,11)12;/h1-4H,(H2,8,9)(H,10,11,12);/q;+1/p-1. The Morgan fingerprint density at radius 3 is 2.21 bits per heavy atom. The summed E-state index contributed by atoms with van der Waals surface area (Å²) in [5.41, 5.74) is -0.329. The number of nitrogens with one attached hydrogen (secondary N) is 1. The SMILES string of the molecule is N=C([O-])c1ccccc1S(=O)(=O)O.[Na+]. The predicted molar refractivity (Wildman–Crippen MR) is 43.1 cm³/mol. The molecule has 0 fully saturated rings. The summed E-state index contributed by atoms with van der Waals surface area (Å²) in [5.74, 6) is -1.15. The van der Waals surface area contributed by atoms with Gasteiger partial charge in [0.25, 0.3) is 10.1 Å². The fourth-order valence-electron chi connectivity index (χ4n) is 0.879. The third-order valence-corrected chi connectivity index (χ3v) is 2.32. The van der Waals surface area contributed by atoms with Gasteiger partial charge in [-0.1, -0.05) is 18.2 Å². The van der Waals surface area contributed by atoms with Crippen LogP contribution in [0.25, 0.3) is 0 Å². The van der Waals surface area contributed by atoms with E-state index in [1.807, 2.05) is 0 Å². The average Bonchev–Trinajstić information content (AvgIpc) is 2.03. The minimum absolute atomic E-state index is 0. The van der Waals surface area contributed by atoms with Gasteiger partial charge >= 0.3 is 29.6 Å². The van der Waals surface area contributed by atoms with Crippen LogP contribution in [0.15, 0.2) is 29.2 Å². The predicted octanol–water partition coefficient (Wildman–Crippen LogP) is -3.38. The molecule has 0 aliphatic rings. The molecule has 0 saturated carbocycles. The summed E-state index contributed by atoms with van der Waals surface area (Å²) in [6.45, 7) is 0. The van der Waals surface area contributed by atoms with Crippen LogP contribution in [0.4, 0.5) is 0 Å². The first-order chi connectivity index (χ1) is 5.93. The Balaban J connectivity index is 0.00000169. The molecule has 1 aromatic carbocycles. The second kappa shape index (κ2) is 4.90. The molecule has 0 unspecified atom stereocenters. The molecule has 7 heteroatoms. The van der Waals surface area contributed by atoms with Gasteiger partial charge < -0.3 is 10.5 Å². The Morgan fingerprint density at radius 1 is 1.36 bits per heavy atom. The van der Waals surface area contributed by atoms with Gasteiger partial charge in [-0.25, -0.2) is 0 Å². The molecule has 0 aromatic heterocycles. The largest absolute Gasteiger partial charge is 1.00 e. The van der Waals surface area contributed by atoms with Crippen LogP contribution in [-0.2, 0) is 10.1 Å². The average molecular weight is 223 g/mol. The summed E-state index contributed by atoms with van der Waals surface area (Å²) in [5, 5.41) is 17.3. The minimum atomic E-state index is -4.42. The first-order valence-corrected chi connectivity index (χ1v) is 4.69. The van der Waals surface area contributed by atoms with Crippen molar-refractivity contribution in [3.8, 4) is 0 Å². The van der Waals surface area contributed by atoms with Crippen molar-refractivity contribution in [3.63, 3.8) is 0 Å². The second-order valence-corrected chi connectivity index (χ2v) is 3.69. The van der Waals surface area contributed by atoms with E-state index >= 15 is 0 Å². The molecule has 5 nitrogen and oxygen atoms in total. The van der Waals surface area contributed by atoms with Crippen LogP contribution < -0.4 is 34.7 Å².